The molecule has 1 heterocycles. The van der Waals surface area contributed by atoms with Crippen molar-refractivity contribution in [2.24, 2.45) is 0 Å². The number of benzene rings is 1. The van der Waals surface area contributed by atoms with Crippen LogP contribution in [-0.4, -0.2) is 36.8 Å². The molecule has 0 saturated carbocycles. The van der Waals surface area contributed by atoms with Gasteiger partial charge in [0.15, 0.2) is 0 Å². The van der Waals surface area contributed by atoms with E-state index >= 15 is 0 Å². The van der Waals surface area contributed by atoms with Gasteiger partial charge in [-0.1, -0.05) is 92.0 Å². The minimum absolute atomic E-state index is 0.131. The minimum Gasteiger partial charge on any atom is -0.542 e. The number of hydrogen-bond acceptors (Lipinski definition) is 4. The zero-order valence-corrected chi connectivity index (χ0v) is 20.9. The molecule has 0 saturated heterocycles. The number of nitrogens with zero attached hydrogens (tertiary/aromatic N) is 1. The second kappa shape index (κ2) is 16.9. The van der Waals surface area contributed by atoms with Gasteiger partial charge in [0.05, 0.1) is 11.1 Å². The molecule has 2 radical (unpaired) electrons. The summed E-state index contributed by atoms with van der Waals surface area (Å²) in [5.41, 5.74) is 0.556. The third kappa shape index (κ3) is 9.18. The molecule has 2 rings (SSSR count). The number of hydrogen-bond donors (Lipinski definition) is 0. The summed E-state index contributed by atoms with van der Waals surface area (Å²) in [5.74, 6) is -1.86. The fourth-order valence-electron chi connectivity index (χ4n) is 3.62. The Morgan fingerprint density at radius 1 is 0.750 bits per heavy atom. The van der Waals surface area contributed by atoms with Crippen molar-refractivity contribution in [1.29, 1.82) is 0 Å². The summed E-state index contributed by atoms with van der Waals surface area (Å²) in [4.78, 5) is 38.5. The Balaban J connectivity index is 1.70. The van der Waals surface area contributed by atoms with E-state index in [9.17, 15) is 14.4 Å². The molecule has 5 nitrogen and oxygen atoms in total. The number of rotatable bonds is 15. The first-order valence-electron chi connectivity index (χ1n) is 12.4. The first-order valence-corrected chi connectivity index (χ1v) is 12.4. The summed E-state index contributed by atoms with van der Waals surface area (Å²) in [5, 5.41) is 0. The van der Waals surface area contributed by atoms with Gasteiger partial charge >= 0.3 is 14.0 Å². The standard InChI is InChI=1S/C30H34BNO4/c1-2-3-4-5-6-7-8-9-10-11-12-13-14-15-16-17-18-19-24-27(30(35)36-31)32-28(33)25-22-20-21-23-26(25)29(32)34/h3-4,6-7,9-10,12-13,15-16,18-23,27H,2,5,8,11,14,17,24H2,1H3/b4-3-,7-6-,10-9-,13-12-,16-15-,19-18-. The molecular weight excluding hydrogens is 449 g/mol. The highest BCUT2D eigenvalue weighted by atomic mass is 16.5. The fraction of sp³-hybridized carbons (Fsp3) is 0.300. The molecule has 1 unspecified atom stereocenters. The molecule has 0 bridgehead atoms. The van der Waals surface area contributed by atoms with Crippen LogP contribution < -0.4 is 0 Å². The second-order valence-electron chi connectivity index (χ2n) is 8.13. The maximum atomic E-state index is 12.7. The van der Waals surface area contributed by atoms with Gasteiger partial charge in [0.1, 0.15) is 6.04 Å². The lowest BCUT2D eigenvalue weighted by Gasteiger charge is -2.23. The van der Waals surface area contributed by atoms with Crippen LogP contribution in [0, 0.1) is 0 Å². The Labute approximate surface area is 216 Å². The normalized spacial score (nSPS) is 15.1. The maximum Gasteiger partial charge on any atom is 0.378 e. The molecular formula is C30H34BNO4. The molecule has 1 aliphatic heterocycles. The van der Waals surface area contributed by atoms with Gasteiger partial charge in [0.2, 0.25) is 0 Å². The molecule has 2 amide bonds. The van der Waals surface area contributed by atoms with E-state index in [1.165, 1.54) is 0 Å². The Morgan fingerprint density at radius 2 is 1.14 bits per heavy atom. The first kappa shape index (κ1) is 28.6. The number of fused-ring (bicyclic) bond motifs is 1. The highest BCUT2D eigenvalue weighted by Gasteiger charge is 2.42. The van der Waals surface area contributed by atoms with Crippen LogP contribution in [0.3, 0.4) is 0 Å². The Bertz CT molecular complexity index is 1010. The molecule has 0 spiro atoms. The monoisotopic (exact) mass is 483 g/mol. The van der Waals surface area contributed by atoms with E-state index in [4.69, 9.17) is 8.05 Å². The van der Waals surface area contributed by atoms with Crippen molar-refractivity contribution in [3.63, 3.8) is 0 Å². The van der Waals surface area contributed by atoms with Crippen LogP contribution in [0.25, 0.3) is 0 Å². The number of carbonyl (C=O) groups excluding carboxylic acids is 3. The largest absolute Gasteiger partial charge is 0.542 e. The predicted octanol–water partition coefficient (Wildman–Crippen LogP) is 6.37. The number of allylic oxidation sites excluding steroid dienone is 11. The van der Waals surface area contributed by atoms with E-state index in [0.29, 0.717) is 6.42 Å². The van der Waals surface area contributed by atoms with Crippen molar-refractivity contribution in [3.8, 4) is 0 Å². The Morgan fingerprint density at radius 3 is 1.53 bits per heavy atom. The molecule has 1 aromatic carbocycles. The zero-order valence-electron chi connectivity index (χ0n) is 20.9. The van der Waals surface area contributed by atoms with E-state index in [0.717, 1.165) is 37.0 Å². The molecule has 0 aliphatic carbocycles. The van der Waals surface area contributed by atoms with Gasteiger partial charge in [-0.25, -0.2) is 0 Å². The molecule has 0 N–H and O–H groups in total. The number of imide groups is 1. The molecule has 0 aromatic heterocycles. The van der Waals surface area contributed by atoms with Gasteiger partial charge in [0.25, 0.3) is 11.8 Å². The van der Waals surface area contributed by atoms with Crippen LogP contribution in [0.1, 0.15) is 72.6 Å². The number of carbonyl (C=O) groups is 3. The van der Waals surface area contributed by atoms with Crippen molar-refractivity contribution in [1.82, 2.24) is 4.90 Å². The van der Waals surface area contributed by atoms with Crippen molar-refractivity contribution in [3.05, 3.63) is 108 Å². The topological polar surface area (TPSA) is 63.7 Å². The third-order valence-electron chi connectivity index (χ3n) is 5.48. The highest BCUT2D eigenvalue weighted by Crippen LogP contribution is 2.26. The lowest BCUT2D eigenvalue weighted by molar-refractivity contribution is -0.138. The maximum absolute atomic E-state index is 12.7. The van der Waals surface area contributed by atoms with Crippen LogP contribution in [0.15, 0.2) is 97.2 Å². The Hall–Kier alpha value is -3.67. The third-order valence-corrected chi connectivity index (χ3v) is 5.48. The van der Waals surface area contributed by atoms with E-state index < -0.39 is 23.8 Å². The van der Waals surface area contributed by atoms with E-state index in [1.807, 2.05) is 12.2 Å². The van der Waals surface area contributed by atoms with Crippen molar-refractivity contribution >= 4 is 25.8 Å². The van der Waals surface area contributed by atoms with Gasteiger partial charge < -0.3 is 4.65 Å². The predicted molar refractivity (Wildman–Crippen MR) is 145 cm³/mol. The quantitative estimate of drug-likeness (QED) is 0.165. The smallest absolute Gasteiger partial charge is 0.378 e. The highest BCUT2D eigenvalue weighted by molar-refractivity contribution is 6.23. The molecule has 1 atom stereocenters. The van der Waals surface area contributed by atoms with E-state index in [1.54, 1.807) is 30.3 Å². The molecule has 186 valence electrons. The lowest BCUT2D eigenvalue weighted by atomic mass is 10.1. The molecule has 0 fully saturated rings. The average Bonchev–Trinajstić information content (AvgIpc) is 3.15. The minimum atomic E-state index is -1.10. The summed E-state index contributed by atoms with van der Waals surface area (Å²) >= 11 is 0. The summed E-state index contributed by atoms with van der Waals surface area (Å²) in [6.07, 6.45) is 30.6. The van der Waals surface area contributed by atoms with Gasteiger partial charge in [-0.3, -0.25) is 19.3 Å². The molecule has 1 aromatic rings. The summed E-state index contributed by atoms with van der Waals surface area (Å²) in [6, 6.07) is 5.38. The van der Waals surface area contributed by atoms with Gasteiger partial charge in [-0.2, -0.15) is 0 Å². The average molecular weight is 483 g/mol. The van der Waals surface area contributed by atoms with Crippen LogP contribution >= 0.6 is 0 Å². The fourth-order valence-corrected chi connectivity index (χ4v) is 3.62. The zero-order chi connectivity index (χ0) is 26.0. The molecule has 36 heavy (non-hydrogen) atoms. The van der Waals surface area contributed by atoms with Crippen LogP contribution in [0.4, 0.5) is 0 Å². The van der Waals surface area contributed by atoms with Crippen molar-refractivity contribution in [2.45, 2.75) is 57.9 Å². The van der Waals surface area contributed by atoms with Gasteiger partial charge in [0, 0.05) is 0 Å². The van der Waals surface area contributed by atoms with E-state index in [-0.39, 0.29) is 17.5 Å². The Kier molecular flexibility index (Phi) is 13.4. The van der Waals surface area contributed by atoms with Crippen LogP contribution in [0.5, 0.6) is 0 Å². The van der Waals surface area contributed by atoms with Gasteiger partial charge in [-0.15, -0.1) is 0 Å². The summed E-state index contributed by atoms with van der Waals surface area (Å²) in [7, 11) is 5.06. The van der Waals surface area contributed by atoms with Crippen molar-refractivity contribution < 1.29 is 19.0 Å². The van der Waals surface area contributed by atoms with Crippen LogP contribution in [0.2, 0.25) is 0 Å². The summed E-state index contributed by atoms with van der Waals surface area (Å²) < 4.78 is 4.36. The molecule has 1 aliphatic rings. The second-order valence-corrected chi connectivity index (χ2v) is 8.13. The number of amides is 2. The summed E-state index contributed by atoms with van der Waals surface area (Å²) in [6.45, 7) is 2.13. The molecule has 6 heteroatoms. The van der Waals surface area contributed by atoms with Crippen molar-refractivity contribution in [2.75, 3.05) is 0 Å². The van der Waals surface area contributed by atoms with E-state index in [2.05, 4.69) is 66.3 Å². The first-order chi connectivity index (χ1) is 17.6. The lowest BCUT2D eigenvalue weighted by Crippen LogP contribution is -2.45. The SMILES string of the molecule is [B]OC(=O)C(C/C=C\C/C=C\C/C=C\C/C=C\C/C=C\C/C=C\CC)N1C(=O)c2ccccc2C1=O. The van der Waals surface area contributed by atoms with Gasteiger partial charge in [-0.05, 0) is 57.1 Å². The van der Waals surface area contributed by atoms with Crippen LogP contribution in [-0.2, 0) is 9.45 Å².